The molecule has 0 aliphatic heterocycles. The van der Waals surface area contributed by atoms with E-state index in [0.717, 1.165) is 28.3 Å². The molecule has 3 rings (SSSR count). The number of thiazole rings is 1. The van der Waals surface area contributed by atoms with Crippen molar-refractivity contribution in [1.29, 1.82) is 0 Å². The number of rotatable bonds is 5. The normalized spacial score (nSPS) is 12.5. The second-order valence-corrected chi connectivity index (χ2v) is 6.19. The molecule has 1 unspecified atom stereocenters. The first-order valence-electron chi connectivity index (χ1n) is 7.07. The van der Waals surface area contributed by atoms with E-state index in [-0.39, 0.29) is 5.82 Å². The molecule has 4 heteroatoms. The lowest BCUT2D eigenvalue weighted by Crippen LogP contribution is -2.05. The molecule has 1 heterocycles. The molecule has 0 bridgehead atoms. The van der Waals surface area contributed by atoms with Gasteiger partial charge in [-0.2, -0.15) is 0 Å². The van der Waals surface area contributed by atoms with Crippen molar-refractivity contribution >= 4 is 26.7 Å². The molecule has 1 N–H and O–H groups in total. The van der Waals surface area contributed by atoms with E-state index in [4.69, 9.17) is 0 Å². The molecule has 2 aromatic carbocycles. The minimum atomic E-state index is -0.213. The predicted molar refractivity (Wildman–Crippen MR) is 87.5 cm³/mol. The molecule has 0 saturated heterocycles. The largest absolute Gasteiger partial charge is 0.361 e. The van der Waals surface area contributed by atoms with Crippen molar-refractivity contribution in [3.8, 4) is 0 Å². The highest BCUT2D eigenvalue weighted by molar-refractivity contribution is 7.22. The lowest BCUT2D eigenvalue weighted by atomic mass is 9.98. The smallest absolute Gasteiger partial charge is 0.183 e. The van der Waals surface area contributed by atoms with Gasteiger partial charge >= 0.3 is 0 Å². The highest BCUT2D eigenvalue weighted by Gasteiger charge is 2.07. The Morgan fingerprint density at radius 2 is 2.00 bits per heavy atom. The van der Waals surface area contributed by atoms with Gasteiger partial charge in [0.25, 0.3) is 0 Å². The molecule has 0 amide bonds. The summed E-state index contributed by atoms with van der Waals surface area (Å²) in [5.41, 5.74) is 2.20. The molecule has 0 fully saturated rings. The fourth-order valence-electron chi connectivity index (χ4n) is 2.32. The number of hydrogen-bond donors (Lipinski definition) is 1. The third kappa shape index (κ3) is 3.39. The summed E-state index contributed by atoms with van der Waals surface area (Å²) in [5, 5.41) is 4.20. The van der Waals surface area contributed by atoms with Gasteiger partial charge < -0.3 is 5.32 Å². The van der Waals surface area contributed by atoms with Gasteiger partial charge in [0.1, 0.15) is 5.82 Å². The topological polar surface area (TPSA) is 24.9 Å². The van der Waals surface area contributed by atoms with E-state index in [9.17, 15) is 4.39 Å². The van der Waals surface area contributed by atoms with Crippen LogP contribution in [-0.2, 0) is 0 Å². The summed E-state index contributed by atoms with van der Waals surface area (Å²) in [6, 6.07) is 15.2. The Kier molecular flexibility index (Phi) is 4.15. The van der Waals surface area contributed by atoms with Crippen LogP contribution >= 0.6 is 11.3 Å². The van der Waals surface area contributed by atoms with Crippen LogP contribution in [0, 0.1) is 5.82 Å². The summed E-state index contributed by atoms with van der Waals surface area (Å²) < 4.78 is 14.0. The van der Waals surface area contributed by atoms with Crippen LogP contribution in [0.1, 0.15) is 24.8 Å². The molecule has 2 nitrogen and oxygen atoms in total. The van der Waals surface area contributed by atoms with Gasteiger partial charge in [-0.05, 0) is 36.1 Å². The molecule has 0 radical (unpaired) electrons. The van der Waals surface area contributed by atoms with Crippen LogP contribution in [0.3, 0.4) is 0 Å². The molecule has 0 saturated carbocycles. The standard InChI is InChI=1S/C17H17FN2S/c1-12(13-5-3-2-4-6-13)9-10-19-17-20-15-8-7-14(18)11-16(15)21-17/h2-8,11-12H,9-10H2,1H3,(H,19,20). The van der Waals surface area contributed by atoms with E-state index < -0.39 is 0 Å². The molecule has 0 aliphatic rings. The Hall–Kier alpha value is -1.94. The van der Waals surface area contributed by atoms with Gasteiger partial charge in [0.2, 0.25) is 0 Å². The number of benzene rings is 2. The molecule has 1 aromatic heterocycles. The van der Waals surface area contributed by atoms with E-state index in [1.807, 2.05) is 6.07 Å². The van der Waals surface area contributed by atoms with Crippen LogP contribution in [0.25, 0.3) is 10.2 Å². The summed E-state index contributed by atoms with van der Waals surface area (Å²) in [4.78, 5) is 4.46. The number of fused-ring (bicyclic) bond motifs is 1. The lowest BCUT2D eigenvalue weighted by molar-refractivity contribution is 0.630. The number of nitrogens with one attached hydrogen (secondary N) is 1. The highest BCUT2D eigenvalue weighted by Crippen LogP contribution is 2.27. The van der Waals surface area contributed by atoms with E-state index in [1.165, 1.54) is 29.0 Å². The van der Waals surface area contributed by atoms with E-state index in [1.54, 1.807) is 6.07 Å². The second-order valence-electron chi connectivity index (χ2n) is 5.16. The Balaban J connectivity index is 1.59. The Bertz CT molecular complexity index is 724. The summed E-state index contributed by atoms with van der Waals surface area (Å²) in [6.45, 7) is 3.09. The zero-order valence-electron chi connectivity index (χ0n) is 11.8. The van der Waals surface area contributed by atoms with Crippen LogP contribution in [0.5, 0.6) is 0 Å². The van der Waals surface area contributed by atoms with Gasteiger partial charge in [-0.15, -0.1) is 0 Å². The number of halogens is 1. The molecule has 0 aliphatic carbocycles. The molecule has 1 atom stereocenters. The van der Waals surface area contributed by atoms with Crippen LogP contribution in [0.2, 0.25) is 0 Å². The third-order valence-electron chi connectivity index (χ3n) is 3.57. The minimum Gasteiger partial charge on any atom is -0.361 e. The third-order valence-corrected chi connectivity index (χ3v) is 4.55. The van der Waals surface area contributed by atoms with Gasteiger partial charge in [-0.25, -0.2) is 9.37 Å². The monoisotopic (exact) mass is 300 g/mol. The van der Waals surface area contributed by atoms with E-state index in [2.05, 4.69) is 41.5 Å². The quantitative estimate of drug-likeness (QED) is 0.714. The van der Waals surface area contributed by atoms with Gasteiger partial charge in [0.15, 0.2) is 5.13 Å². The first-order chi connectivity index (χ1) is 10.2. The van der Waals surface area contributed by atoms with Crippen molar-refractivity contribution < 1.29 is 4.39 Å². The molecule has 0 spiro atoms. The molecular weight excluding hydrogens is 283 g/mol. The maximum atomic E-state index is 13.1. The van der Waals surface area contributed by atoms with Crippen LogP contribution in [0.4, 0.5) is 9.52 Å². The van der Waals surface area contributed by atoms with Gasteiger partial charge in [-0.3, -0.25) is 0 Å². The first-order valence-corrected chi connectivity index (χ1v) is 7.89. The number of aromatic nitrogens is 1. The van der Waals surface area contributed by atoms with E-state index >= 15 is 0 Å². The highest BCUT2D eigenvalue weighted by atomic mass is 32.1. The lowest BCUT2D eigenvalue weighted by Gasteiger charge is -2.11. The molecule has 3 aromatic rings. The van der Waals surface area contributed by atoms with Crippen molar-refractivity contribution in [2.75, 3.05) is 11.9 Å². The number of hydrogen-bond acceptors (Lipinski definition) is 3. The summed E-state index contributed by atoms with van der Waals surface area (Å²) in [7, 11) is 0. The Morgan fingerprint density at radius 3 is 2.81 bits per heavy atom. The number of anilines is 1. The Morgan fingerprint density at radius 1 is 1.19 bits per heavy atom. The average molecular weight is 300 g/mol. The fraction of sp³-hybridized carbons (Fsp3) is 0.235. The van der Waals surface area contributed by atoms with Gasteiger partial charge in [0.05, 0.1) is 10.2 Å². The molecule has 108 valence electrons. The van der Waals surface area contributed by atoms with E-state index in [0.29, 0.717) is 5.92 Å². The van der Waals surface area contributed by atoms with Crippen molar-refractivity contribution in [3.63, 3.8) is 0 Å². The van der Waals surface area contributed by atoms with Crippen molar-refractivity contribution in [3.05, 3.63) is 59.9 Å². The minimum absolute atomic E-state index is 0.213. The maximum absolute atomic E-state index is 13.1. The maximum Gasteiger partial charge on any atom is 0.183 e. The number of nitrogens with zero attached hydrogens (tertiary/aromatic N) is 1. The zero-order chi connectivity index (χ0) is 14.7. The molecular formula is C17H17FN2S. The zero-order valence-corrected chi connectivity index (χ0v) is 12.7. The average Bonchev–Trinajstić information content (AvgIpc) is 2.89. The second kappa shape index (κ2) is 6.22. The summed E-state index contributed by atoms with van der Waals surface area (Å²) in [6.07, 6.45) is 1.04. The predicted octanol–water partition coefficient (Wildman–Crippen LogP) is 5.04. The molecule has 21 heavy (non-hydrogen) atoms. The fourth-order valence-corrected chi connectivity index (χ4v) is 3.23. The SMILES string of the molecule is CC(CCNc1nc2ccc(F)cc2s1)c1ccccc1. The van der Waals surface area contributed by atoms with Gasteiger partial charge in [-0.1, -0.05) is 48.6 Å². The van der Waals surface area contributed by atoms with Crippen LogP contribution < -0.4 is 5.32 Å². The first kappa shape index (κ1) is 14.0. The van der Waals surface area contributed by atoms with Crippen molar-refractivity contribution in [2.24, 2.45) is 0 Å². The summed E-state index contributed by atoms with van der Waals surface area (Å²) in [5.74, 6) is 0.293. The Labute approximate surface area is 127 Å². The van der Waals surface area contributed by atoms with Crippen LogP contribution in [0.15, 0.2) is 48.5 Å². The summed E-state index contributed by atoms with van der Waals surface area (Å²) >= 11 is 1.50. The van der Waals surface area contributed by atoms with Gasteiger partial charge in [0, 0.05) is 6.54 Å². The van der Waals surface area contributed by atoms with Crippen molar-refractivity contribution in [2.45, 2.75) is 19.3 Å². The van der Waals surface area contributed by atoms with Crippen molar-refractivity contribution in [1.82, 2.24) is 4.98 Å². The van der Waals surface area contributed by atoms with Crippen LogP contribution in [-0.4, -0.2) is 11.5 Å².